The van der Waals surface area contributed by atoms with E-state index >= 15 is 0 Å². The minimum atomic E-state index is 0.775. The van der Waals surface area contributed by atoms with Gasteiger partial charge < -0.3 is 10.6 Å². The molecule has 0 aliphatic heterocycles. The fourth-order valence-corrected chi connectivity index (χ4v) is 1.71. The van der Waals surface area contributed by atoms with Crippen LogP contribution in [-0.4, -0.2) is 25.0 Å². The monoisotopic (exact) mass is 206 g/mol. The summed E-state index contributed by atoms with van der Waals surface area (Å²) in [5.41, 5.74) is 9.71. The van der Waals surface area contributed by atoms with E-state index in [1.807, 2.05) is 0 Å². The Hall–Kier alpha value is -0.860. The van der Waals surface area contributed by atoms with Crippen LogP contribution < -0.4 is 5.73 Å². The van der Waals surface area contributed by atoms with Gasteiger partial charge in [0, 0.05) is 6.54 Å². The number of nitrogens with two attached hydrogens (primary N) is 1. The molecule has 0 fully saturated rings. The first-order chi connectivity index (χ1) is 7.15. The molecule has 2 nitrogen and oxygen atoms in total. The van der Waals surface area contributed by atoms with E-state index < -0.39 is 0 Å². The lowest BCUT2D eigenvalue weighted by Gasteiger charge is -2.18. The molecule has 15 heavy (non-hydrogen) atoms. The third-order valence-corrected chi connectivity index (χ3v) is 2.90. The van der Waals surface area contributed by atoms with Crippen molar-refractivity contribution in [3.05, 3.63) is 34.9 Å². The van der Waals surface area contributed by atoms with Gasteiger partial charge in [0.1, 0.15) is 0 Å². The van der Waals surface area contributed by atoms with Crippen LogP contribution in [-0.2, 0) is 6.54 Å². The standard InChI is InChI=1S/C13H22N2/c1-11-6-4-7-13(12(11)2)10-15(3)9-5-8-14/h4,6-7H,5,8-10,14H2,1-3H3. The molecule has 0 heterocycles. The number of hydrogen-bond acceptors (Lipinski definition) is 2. The molecular formula is C13H22N2. The van der Waals surface area contributed by atoms with Crippen LogP contribution in [0.25, 0.3) is 0 Å². The molecule has 0 aliphatic rings. The van der Waals surface area contributed by atoms with Gasteiger partial charge in [-0.25, -0.2) is 0 Å². The number of benzene rings is 1. The van der Waals surface area contributed by atoms with E-state index in [0.29, 0.717) is 0 Å². The van der Waals surface area contributed by atoms with E-state index in [1.54, 1.807) is 0 Å². The summed E-state index contributed by atoms with van der Waals surface area (Å²) in [6, 6.07) is 6.51. The third-order valence-electron chi connectivity index (χ3n) is 2.90. The summed E-state index contributed by atoms with van der Waals surface area (Å²) in [4.78, 5) is 2.33. The van der Waals surface area contributed by atoms with Crippen molar-refractivity contribution in [1.29, 1.82) is 0 Å². The zero-order chi connectivity index (χ0) is 11.3. The van der Waals surface area contributed by atoms with Crippen LogP contribution in [0.5, 0.6) is 0 Å². The summed E-state index contributed by atoms with van der Waals surface area (Å²) < 4.78 is 0. The fourth-order valence-electron chi connectivity index (χ4n) is 1.71. The fraction of sp³-hybridized carbons (Fsp3) is 0.538. The highest BCUT2D eigenvalue weighted by Crippen LogP contribution is 2.14. The molecule has 1 rings (SSSR count). The molecule has 0 bridgehead atoms. The molecule has 2 heteroatoms. The zero-order valence-electron chi connectivity index (χ0n) is 10.1. The first-order valence-electron chi connectivity index (χ1n) is 5.59. The zero-order valence-corrected chi connectivity index (χ0v) is 10.1. The summed E-state index contributed by atoms with van der Waals surface area (Å²) in [6.07, 6.45) is 1.07. The summed E-state index contributed by atoms with van der Waals surface area (Å²) in [6.45, 7) is 7.23. The minimum Gasteiger partial charge on any atom is -0.330 e. The van der Waals surface area contributed by atoms with Crippen LogP contribution in [0.15, 0.2) is 18.2 Å². The van der Waals surface area contributed by atoms with Crippen LogP contribution in [0.2, 0.25) is 0 Å². The molecule has 0 aliphatic carbocycles. The van der Waals surface area contributed by atoms with Gasteiger partial charge in [-0.2, -0.15) is 0 Å². The highest BCUT2D eigenvalue weighted by Gasteiger charge is 2.03. The van der Waals surface area contributed by atoms with Crippen LogP contribution in [0.4, 0.5) is 0 Å². The molecule has 0 amide bonds. The van der Waals surface area contributed by atoms with Crippen molar-refractivity contribution in [2.24, 2.45) is 5.73 Å². The highest BCUT2D eigenvalue weighted by molar-refractivity contribution is 5.32. The minimum absolute atomic E-state index is 0.775. The molecule has 2 N–H and O–H groups in total. The first kappa shape index (κ1) is 12.2. The Balaban J connectivity index is 2.60. The highest BCUT2D eigenvalue weighted by atomic mass is 15.1. The van der Waals surface area contributed by atoms with E-state index in [9.17, 15) is 0 Å². The Morgan fingerprint density at radius 2 is 2.00 bits per heavy atom. The first-order valence-corrected chi connectivity index (χ1v) is 5.59. The largest absolute Gasteiger partial charge is 0.330 e. The Morgan fingerprint density at radius 1 is 1.27 bits per heavy atom. The van der Waals surface area contributed by atoms with Crippen molar-refractivity contribution in [3.63, 3.8) is 0 Å². The van der Waals surface area contributed by atoms with Gasteiger partial charge in [-0.05, 0) is 57.1 Å². The van der Waals surface area contributed by atoms with Crippen molar-refractivity contribution in [1.82, 2.24) is 4.90 Å². The quantitative estimate of drug-likeness (QED) is 0.799. The maximum Gasteiger partial charge on any atom is 0.0233 e. The molecule has 0 atom stereocenters. The van der Waals surface area contributed by atoms with Crippen LogP contribution in [0, 0.1) is 13.8 Å². The number of hydrogen-bond donors (Lipinski definition) is 1. The maximum absolute atomic E-state index is 5.50. The van der Waals surface area contributed by atoms with Gasteiger partial charge in [-0.3, -0.25) is 0 Å². The Labute approximate surface area is 93.1 Å². The summed E-state index contributed by atoms with van der Waals surface area (Å²) in [5.74, 6) is 0. The summed E-state index contributed by atoms with van der Waals surface area (Å²) in [5, 5.41) is 0. The lowest BCUT2D eigenvalue weighted by atomic mass is 10.0. The van der Waals surface area contributed by atoms with E-state index in [2.05, 4.69) is 44.0 Å². The van der Waals surface area contributed by atoms with E-state index in [4.69, 9.17) is 5.73 Å². The van der Waals surface area contributed by atoms with E-state index in [1.165, 1.54) is 16.7 Å². The molecule has 0 spiro atoms. The molecule has 0 radical (unpaired) electrons. The van der Waals surface area contributed by atoms with Gasteiger partial charge in [-0.15, -0.1) is 0 Å². The average molecular weight is 206 g/mol. The molecule has 0 saturated carbocycles. The Bertz CT molecular complexity index is 307. The van der Waals surface area contributed by atoms with Gasteiger partial charge in [0.05, 0.1) is 0 Å². The second-order valence-electron chi connectivity index (χ2n) is 4.24. The maximum atomic E-state index is 5.50. The van der Waals surface area contributed by atoms with Crippen LogP contribution in [0.3, 0.4) is 0 Å². The molecule has 84 valence electrons. The molecule has 1 aromatic rings. The second kappa shape index (κ2) is 5.89. The molecule has 0 unspecified atom stereocenters. The van der Waals surface area contributed by atoms with Gasteiger partial charge >= 0.3 is 0 Å². The summed E-state index contributed by atoms with van der Waals surface area (Å²) >= 11 is 0. The van der Waals surface area contributed by atoms with Crippen molar-refractivity contribution in [3.8, 4) is 0 Å². The predicted octanol–water partition coefficient (Wildman–Crippen LogP) is 2.08. The molecule has 1 aromatic carbocycles. The lowest BCUT2D eigenvalue weighted by molar-refractivity contribution is 0.323. The van der Waals surface area contributed by atoms with Gasteiger partial charge in [0.25, 0.3) is 0 Å². The Morgan fingerprint density at radius 3 is 2.67 bits per heavy atom. The molecular weight excluding hydrogens is 184 g/mol. The van der Waals surface area contributed by atoms with Crippen LogP contribution in [0.1, 0.15) is 23.1 Å². The smallest absolute Gasteiger partial charge is 0.0233 e. The van der Waals surface area contributed by atoms with E-state index in [0.717, 1.165) is 26.1 Å². The van der Waals surface area contributed by atoms with Gasteiger partial charge in [-0.1, -0.05) is 18.2 Å². The van der Waals surface area contributed by atoms with Gasteiger partial charge in [0.15, 0.2) is 0 Å². The third kappa shape index (κ3) is 3.65. The second-order valence-corrected chi connectivity index (χ2v) is 4.24. The van der Waals surface area contributed by atoms with Crippen molar-refractivity contribution >= 4 is 0 Å². The topological polar surface area (TPSA) is 29.3 Å². The Kier molecular flexibility index (Phi) is 4.79. The lowest BCUT2D eigenvalue weighted by Crippen LogP contribution is -2.21. The normalized spacial score (nSPS) is 11.0. The number of nitrogens with zero attached hydrogens (tertiary/aromatic N) is 1. The molecule has 0 saturated heterocycles. The van der Waals surface area contributed by atoms with Gasteiger partial charge in [0.2, 0.25) is 0 Å². The number of aryl methyl sites for hydroxylation is 1. The van der Waals surface area contributed by atoms with Crippen molar-refractivity contribution in [2.45, 2.75) is 26.8 Å². The van der Waals surface area contributed by atoms with Crippen molar-refractivity contribution in [2.75, 3.05) is 20.1 Å². The van der Waals surface area contributed by atoms with Crippen molar-refractivity contribution < 1.29 is 0 Å². The number of rotatable bonds is 5. The SMILES string of the molecule is Cc1cccc(CN(C)CCCN)c1C. The van der Waals surface area contributed by atoms with E-state index in [-0.39, 0.29) is 0 Å². The summed E-state index contributed by atoms with van der Waals surface area (Å²) in [7, 11) is 2.15. The predicted molar refractivity (Wildman–Crippen MR) is 65.9 cm³/mol. The van der Waals surface area contributed by atoms with Crippen LogP contribution >= 0.6 is 0 Å². The molecule has 0 aromatic heterocycles. The average Bonchev–Trinajstić information content (AvgIpc) is 2.22.